The Hall–Kier alpha value is -0.780. The molecule has 1 saturated heterocycles. The Morgan fingerprint density at radius 1 is 1.55 bits per heavy atom. The van der Waals surface area contributed by atoms with Gasteiger partial charge in [0.1, 0.15) is 0 Å². The van der Waals surface area contributed by atoms with E-state index in [1.165, 1.54) is 0 Å². The summed E-state index contributed by atoms with van der Waals surface area (Å²) in [6.45, 7) is 5.31. The van der Waals surface area contributed by atoms with E-state index in [0.717, 1.165) is 6.54 Å². The maximum atomic E-state index is 3.30. The van der Waals surface area contributed by atoms with Gasteiger partial charge in [0.05, 0.1) is 0 Å². The molecule has 0 amide bonds. The summed E-state index contributed by atoms with van der Waals surface area (Å²) < 4.78 is 0. The highest BCUT2D eigenvalue weighted by atomic mass is 15.0. The average molecular weight is 149 g/mol. The van der Waals surface area contributed by atoms with Crippen molar-refractivity contribution in [2.24, 2.45) is 5.92 Å². The lowest BCUT2D eigenvalue weighted by atomic mass is 9.93. The normalized spacial score (nSPS) is 29.3. The second-order valence-electron chi connectivity index (χ2n) is 2.89. The molecule has 0 aliphatic carbocycles. The Balaban J connectivity index is 2.34. The Bertz CT molecular complexity index is 197. The molecule has 1 fully saturated rings. The molecule has 0 aromatic rings. The maximum Gasteiger partial charge on any atom is 0.0120 e. The van der Waals surface area contributed by atoms with E-state index >= 15 is 0 Å². The maximum absolute atomic E-state index is 3.30. The van der Waals surface area contributed by atoms with Gasteiger partial charge >= 0.3 is 0 Å². The molecule has 11 heavy (non-hydrogen) atoms. The molecule has 0 saturated carbocycles. The first-order valence-corrected chi connectivity index (χ1v) is 4.12. The van der Waals surface area contributed by atoms with Crippen molar-refractivity contribution >= 4 is 0 Å². The van der Waals surface area contributed by atoms with E-state index in [9.17, 15) is 0 Å². The van der Waals surface area contributed by atoms with Gasteiger partial charge in [-0.2, -0.15) is 0 Å². The fraction of sp³-hybridized carbons (Fsp3) is 0.500. The molecule has 0 aromatic heterocycles. The largest absolute Gasteiger partial charge is 0.313 e. The zero-order valence-corrected chi connectivity index (χ0v) is 7.17. The van der Waals surface area contributed by atoms with Gasteiger partial charge in [0.15, 0.2) is 0 Å². The van der Waals surface area contributed by atoms with Gasteiger partial charge in [-0.1, -0.05) is 12.2 Å². The average Bonchev–Trinajstić information content (AvgIpc) is 2.02. The minimum absolute atomic E-state index is 0.640. The Kier molecular flexibility index (Phi) is 3.15. The number of rotatable bonds is 2. The van der Waals surface area contributed by atoms with E-state index in [1.54, 1.807) is 0 Å². The SMILES string of the molecule is CC=CC=C=CC1CNC1C. The van der Waals surface area contributed by atoms with Crippen LogP contribution in [0.15, 0.2) is 30.0 Å². The minimum Gasteiger partial charge on any atom is -0.313 e. The molecule has 0 bridgehead atoms. The predicted octanol–water partition coefficient (Wildman–Crippen LogP) is 1.88. The predicted molar refractivity (Wildman–Crippen MR) is 48.4 cm³/mol. The van der Waals surface area contributed by atoms with Crippen molar-refractivity contribution in [1.29, 1.82) is 0 Å². The zero-order chi connectivity index (χ0) is 8.10. The first kappa shape index (κ1) is 8.32. The Labute approximate surface area is 68.5 Å². The lowest BCUT2D eigenvalue weighted by Gasteiger charge is -2.32. The minimum atomic E-state index is 0.640. The standard InChI is InChI=1S/C10H15N/c1-3-4-5-6-7-10-8-11-9(10)2/h3-5,7,9-11H,8H2,1-2H3. The summed E-state index contributed by atoms with van der Waals surface area (Å²) in [4.78, 5) is 0. The van der Waals surface area contributed by atoms with E-state index in [2.05, 4.69) is 24.0 Å². The van der Waals surface area contributed by atoms with Crippen LogP contribution in [0.2, 0.25) is 0 Å². The van der Waals surface area contributed by atoms with Gasteiger partial charge in [-0.15, -0.1) is 5.73 Å². The molecule has 1 heterocycles. The fourth-order valence-electron chi connectivity index (χ4n) is 1.02. The third kappa shape index (κ3) is 2.38. The van der Waals surface area contributed by atoms with Gasteiger partial charge in [-0.3, -0.25) is 0 Å². The summed E-state index contributed by atoms with van der Waals surface area (Å²) in [7, 11) is 0. The molecular formula is C10H15N. The van der Waals surface area contributed by atoms with Gasteiger partial charge < -0.3 is 5.32 Å². The van der Waals surface area contributed by atoms with Crippen LogP contribution in [-0.2, 0) is 0 Å². The summed E-state index contributed by atoms with van der Waals surface area (Å²) in [5.41, 5.74) is 3.14. The summed E-state index contributed by atoms with van der Waals surface area (Å²) >= 11 is 0. The second-order valence-corrected chi connectivity index (χ2v) is 2.89. The third-order valence-corrected chi connectivity index (χ3v) is 2.01. The summed E-state index contributed by atoms with van der Waals surface area (Å²) in [5.74, 6) is 0.691. The van der Waals surface area contributed by atoms with E-state index in [1.807, 2.05) is 25.2 Å². The highest BCUT2D eigenvalue weighted by Gasteiger charge is 2.22. The van der Waals surface area contributed by atoms with Gasteiger partial charge in [0.2, 0.25) is 0 Å². The third-order valence-electron chi connectivity index (χ3n) is 2.01. The quantitative estimate of drug-likeness (QED) is 0.467. The summed E-state index contributed by atoms with van der Waals surface area (Å²) in [6, 6.07) is 0.640. The molecule has 60 valence electrons. The first-order chi connectivity index (χ1) is 5.34. The number of hydrogen-bond acceptors (Lipinski definition) is 1. The zero-order valence-electron chi connectivity index (χ0n) is 7.17. The number of nitrogens with one attached hydrogen (secondary N) is 1. The van der Waals surface area contributed by atoms with Crippen LogP contribution in [0.5, 0.6) is 0 Å². The molecule has 1 rings (SSSR count). The Morgan fingerprint density at radius 2 is 2.36 bits per heavy atom. The van der Waals surface area contributed by atoms with Crippen LogP contribution in [0.3, 0.4) is 0 Å². The van der Waals surface area contributed by atoms with Crippen molar-refractivity contribution < 1.29 is 0 Å². The van der Waals surface area contributed by atoms with Gasteiger partial charge in [0, 0.05) is 18.5 Å². The molecule has 1 nitrogen and oxygen atoms in total. The summed E-state index contributed by atoms with van der Waals surface area (Å²) in [6.07, 6.45) is 8.09. The lowest BCUT2D eigenvalue weighted by molar-refractivity contribution is 0.307. The highest BCUT2D eigenvalue weighted by Crippen LogP contribution is 2.12. The molecular weight excluding hydrogens is 134 g/mol. The molecule has 0 spiro atoms. The molecule has 1 N–H and O–H groups in total. The molecule has 1 heteroatoms. The molecule has 2 unspecified atom stereocenters. The number of hydrogen-bond donors (Lipinski definition) is 1. The van der Waals surface area contributed by atoms with Crippen molar-refractivity contribution in [3.8, 4) is 0 Å². The van der Waals surface area contributed by atoms with Crippen molar-refractivity contribution in [3.05, 3.63) is 30.0 Å². The smallest absolute Gasteiger partial charge is 0.0120 e. The van der Waals surface area contributed by atoms with Crippen LogP contribution in [0.25, 0.3) is 0 Å². The lowest BCUT2D eigenvalue weighted by Crippen LogP contribution is -2.49. The van der Waals surface area contributed by atoms with Crippen LogP contribution < -0.4 is 5.32 Å². The first-order valence-electron chi connectivity index (χ1n) is 4.12. The molecule has 0 aromatic carbocycles. The van der Waals surface area contributed by atoms with Crippen molar-refractivity contribution in [3.63, 3.8) is 0 Å². The molecule has 1 aliphatic heterocycles. The monoisotopic (exact) mass is 149 g/mol. The van der Waals surface area contributed by atoms with Crippen LogP contribution in [0.4, 0.5) is 0 Å². The van der Waals surface area contributed by atoms with E-state index in [0.29, 0.717) is 12.0 Å². The molecule has 1 aliphatic rings. The Morgan fingerprint density at radius 3 is 2.82 bits per heavy atom. The van der Waals surface area contributed by atoms with Crippen molar-refractivity contribution in [2.45, 2.75) is 19.9 Å². The van der Waals surface area contributed by atoms with E-state index in [4.69, 9.17) is 0 Å². The highest BCUT2D eigenvalue weighted by molar-refractivity contribution is 5.05. The van der Waals surface area contributed by atoms with Gasteiger partial charge in [-0.05, 0) is 26.0 Å². The fourth-order valence-corrected chi connectivity index (χ4v) is 1.02. The second kappa shape index (κ2) is 4.17. The van der Waals surface area contributed by atoms with Crippen LogP contribution in [0, 0.1) is 5.92 Å². The molecule has 2 atom stereocenters. The molecule has 0 radical (unpaired) electrons. The van der Waals surface area contributed by atoms with Crippen LogP contribution >= 0.6 is 0 Å². The van der Waals surface area contributed by atoms with E-state index in [-0.39, 0.29) is 0 Å². The van der Waals surface area contributed by atoms with E-state index < -0.39 is 0 Å². The van der Waals surface area contributed by atoms with Crippen LogP contribution in [-0.4, -0.2) is 12.6 Å². The van der Waals surface area contributed by atoms with Crippen LogP contribution in [0.1, 0.15) is 13.8 Å². The summed E-state index contributed by atoms with van der Waals surface area (Å²) in [5, 5.41) is 3.30. The number of allylic oxidation sites excluding steroid dienone is 2. The van der Waals surface area contributed by atoms with Gasteiger partial charge in [-0.25, -0.2) is 0 Å². The topological polar surface area (TPSA) is 12.0 Å². The van der Waals surface area contributed by atoms with Gasteiger partial charge in [0.25, 0.3) is 0 Å². The van der Waals surface area contributed by atoms with Crippen molar-refractivity contribution in [1.82, 2.24) is 5.32 Å². The van der Waals surface area contributed by atoms with Crippen molar-refractivity contribution in [2.75, 3.05) is 6.54 Å².